The van der Waals surface area contributed by atoms with Crippen molar-refractivity contribution in [1.29, 1.82) is 0 Å². The highest BCUT2D eigenvalue weighted by atomic mass is 16.5. The zero-order valence-electron chi connectivity index (χ0n) is 11.4. The molecule has 1 fully saturated rings. The lowest BCUT2D eigenvalue weighted by atomic mass is 9.79. The average molecular weight is 240 g/mol. The van der Waals surface area contributed by atoms with Gasteiger partial charge in [0.1, 0.15) is 0 Å². The van der Waals surface area contributed by atoms with Gasteiger partial charge in [-0.3, -0.25) is 4.79 Å². The number of carbonyl (C=O) groups is 1. The Labute approximate surface area is 104 Å². The molecule has 4 heteroatoms. The summed E-state index contributed by atoms with van der Waals surface area (Å²) < 4.78 is 0. The predicted molar refractivity (Wildman–Crippen MR) is 67.8 cm³/mol. The van der Waals surface area contributed by atoms with Gasteiger partial charge in [-0.2, -0.15) is 5.06 Å². The highest BCUT2D eigenvalue weighted by Crippen LogP contribution is 2.36. The van der Waals surface area contributed by atoms with E-state index in [-0.39, 0.29) is 23.0 Å². The number of allylic oxidation sites excluding steroid dienone is 1. The largest absolute Gasteiger partial charge is 0.350 e. The van der Waals surface area contributed by atoms with Gasteiger partial charge in [0.15, 0.2) is 0 Å². The van der Waals surface area contributed by atoms with Crippen LogP contribution in [-0.4, -0.2) is 33.3 Å². The zero-order valence-corrected chi connectivity index (χ0v) is 11.4. The SMILES string of the molecule is C/C=C/C(=O)NC1CC(C)(C)N(O)C(C)(C)C1. The van der Waals surface area contributed by atoms with Crippen LogP contribution in [-0.2, 0) is 4.79 Å². The van der Waals surface area contributed by atoms with Gasteiger partial charge in [-0.05, 0) is 53.5 Å². The van der Waals surface area contributed by atoms with E-state index in [1.807, 2.05) is 34.6 Å². The maximum atomic E-state index is 11.5. The van der Waals surface area contributed by atoms with Gasteiger partial charge in [0.25, 0.3) is 0 Å². The van der Waals surface area contributed by atoms with Crippen LogP contribution in [0.15, 0.2) is 12.2 Å². The van der Waals surface area contributed by atoms with Crippen molar-refractivity contribution in [2.24, 2.45) is 0 Å². The number of carbonyl (C=O) groups excluding carboxylic acids is 1. The van der Waals surface area contributed by atoms with Gasteiger partial charge in [0.2, 0.25) is 5.91 Å². The van der Waals surface area contributed by atoms with E-state index in [0.717, 1.165) is 12.8 Å². The molecule has 0 spiro atoms. The molecule has 17 heavy (non-hydrogen) atoms. The maximum Gasteiger partial charge on any atom is 0.243 e. The van der Waals surface area contributed by atoms with E-state index in [1.165, 1.54) is 11.1 Å². The molecule has 0 aromatic carbocycles. The summed E-state index contributed by atoms with van der Waals surface area (Å²) in [6.07, 6.45) is 4.75. The number of hydrogen-bond donors (Lipinski definition) is 2. The first-order chi connectivity index (χ1) is 7.69. The minimum Gasteiger partial charge on any atom is -0.350 e. The summed E-state index contributed by atoms with van der Waals surface area (Å²) in [5.41, 5.74) is -0.648. The third-order valence-electron chi connectivity index (χ3n) is 3.30. The van der Waals surface area contributed by atoms with E-state index >= 15 is 0 Å². The number of rotatable bonds is 2. The van der Waals surface area contributed by atoms with Crippen molar-refractivity contribution in [1.82, 2.24) is 10.4 Å². The van der Waals surface area contributed by atoms with Crippen molar-refractivity contribution >= 4 is 5.91 Å². The van der Waals surface area contributed by atoms with Crippen LogP contribution in [0.4, 0.5) is 0 Å². The third-order valence-corrected chi connectivity index (χ3v) is 3.30. The predicted octanol–water partition coefficient (Wildman–Crippen LogP) is 2.09. The molecule has 0 aromatic rings. The Morgan fingerprint density at radius 1 is 1.29 bits per heavy atom. The molecule has 1 aliphatic heterocycles. The zero-order chi connectivity index (χ0) is 13.3. The molecule has 1 rings (SSSR count). The van der Waals surface area contributed by atoms with Gasteiger partial charge < -0.3 is 10.5 Å². The molecule has 1 aliphatic rings. The van der Waals surface area contributed by atoms with Crippen molar-refractivity contribution in [2.75, 3.05) is 0 Å². The van der Waals surface area contributed by atoms with E-state index in [2.05, 4.69) is 5.32 Å². The van der Waals surface area contributed by atoms with Crippen LogP contribution < -0.4 is 5.32 Å². The van der Waals surface area contributed by atoms with E-state index in [9.17, 15) is 10.0 Å². The normalized spacial score (nSPS) is 25.1. The van der Waals surface area contributed by atoms with Crippen LogP contribution in [0.1, 0.15) is 47.5 Å². The Kier molecular flexibility index (Phi) is 3.99. The molecule has 0 atom stereocenters. The topological polar surface area (TPSA) is 52.6 Å². The number of hydrogen-bond acceptors (Lipinski definition) is 3. The molecule has 0 saturated carbocycles. The Bertz CT molecular complexity index is 303. The van der Waals surface area contributed by atoms with Crippen molar-refractivity contribution in [3.63, 3.8) is 0 Å². The number of nitrogens with zero attached hydrogens (tertiary/aromatic N) is 1. The summed E-state index contributed by atoms with van der Waals surface area (Å²) in [7, 11) is 0. The Hall–Kier alpha value is -0.870. The molecule has 1 amide bonds. The van der Waals surface area contributed by atoms with Crippen molar-refractivity contribution < 1.29 is 10.0 Å². The first-order valence-corrected chi connectivity index (χ1v) is 6.11. The quantitative estimate of drug-likeness (QED) is 0.727. The lowest BCUT2D eigenvalue weighted by Gasteiger charge is -2.51. The molecule has 0 aliphatic carbocycles. The highest BCUT2D eigenvalue weighted by molar-refractivity contribution is 5.87. The minimum atomic E-state index is -0.324. The van der Waals surface area contributed by atoms with Gasteiger partial charge in [-0.1, -0.05) is 6.08 Å². The van der Waals surface area contributed by atoms with E-state index < -0.39 is 0 Å². The van der Waals surface area contributed by atoms with Gasteiger partial charge in [-0.25, -0.2) is 0 Å². The summed E-state index contributed by atoms with van der Waals surface area (Å²) in [4.78, 5) is 11.5. The molecule has 0 unspecified atom stereocenters. The number of hydroxylamine groups is 2. The number of amides is 1. The molecular formula is C13H24N2O2. The summed E-state index contributed by atoms with van der Waals surface area (Å²) in [6, 6.07) is 0.104. The second-order valence-corrected chi connectivity index (χ2v) is 6.05. The molecule has 4 nitrogen and oxygen atoms in total. The van der Waals surface area contributed by atoms with Gasteiger partial charge in [-0.15, -0.1) is 0 Å². The van der Waals surface area contributed by atoms with E-state index in [1.54, 1.807) is 6.08 Å². The van der Waals surface area contributed by atoms with Crippen LogP contribution >= 0.6 is 0 Å². The van der Waals surface area contributed by atoms with Crippen molar-refractivity contribution in [2.45, 2.75) is 64.6 Å². The fourth-order valence-corrected chi connectivity index (χ4v) is 2.77. The summed E-state index contributed by atoms with van der Waals surface area (Å²) in [5.74, 6) is -0.0597. The lowest BCUT2D eigenvalue weighted by molar-refractivity contribution is -0.245. The number of nitrogens with one attached hydrogen (secondary N) is 1. The van der Waals surface area contributed by atoms with E-state index in [0.29, 0.717) is 0 Å². The summed E-state index contributed by atoms with van der Waals surface area (Å²) >= 11 is 0. The second kappa shape index (κ2) is 4.78. The Balaban J connectivity index is 2.75. The molecular weight excluding hydrogens is 216 g/mol. The number of piperidine rings is 1. The fraction of sp³-hybridized carbons (Fsp3) is 0.769. The molecule has 98 valence electrons. The highest BCUT2D eigenvalue weighted by Gasteiger charge is 2.45. The average Bonchev–Trinajstić information content (AvgIpc) is 2.13. The third kappa shape index (κ3) is 3.30. The Morgan fingerprint density at radius 2 is 1.76 bits per heavy atom. The maximum absolute atomic E-state index is 11.5. The van der Waals surface area contributed by atoms with Crippen LogP contribution in [0.25, 0.3) is 0 Å². The van der Waals surface area contributed by atoms with Gasteiger partial charge in [0.05, 0.1) is 0 Å². The van der Waals surface area contributed by atoms with Crippen LogP contribution in [0.5, 0.6) is 0 Å². The summed E-state index contributed by atoms with van der Waals surface area (Å²) in [6.45, 7) is 9.78. The monoisotopic (exact) mass is 240 g/mol. The van der Waals surface area contributed by atoms with Crippen LogP contribution in [0.2, 0.25) is 0 Å². The van der Waals surface area contributed by atoms with Crippen LogP contribution in [0, 0.1) is 0 Å². The smallest absolute Gasteiger partial charge is 0.243 e. The molecule has 2 N–H and O–H groups in total. The fourth-order valence-electron chi connectivity index (χ4n) is 2.77. The Morgan fingerprint density at radius 3 is 2.18 bits per heavy atom. The minimum absolute atomic E-state index is 0.0597. The molecule has 1 saturated heterocycles. The van der Waals surface area contributed by atoms with Gasteiger partial charge in [0, 0.05) is 17.1 Å². The van der Waals surface area contributed by atoms with Crippen molar-refractivity contribution in [3.8, 4) is 0 Å². The van der Waals surface area contributed by atoms with Crippen molar-refractivity contribution in [3.05, 3.63) is 12.2 Å². The van der Waals surface area contributed by atoms with Gasteiger partial charge >= 0.3 is 0 Å². The molecule has 0 radical (unpaired) electrons. The second-order valence-electron chi connectivity index (χ2n) is 6.05. The van der Waals surface area contributed by atoms with E-state index in [4.69, 9.17) is 0 Å². The molecule has 1 heterocycles. The first-order valence-electron chi connectivity index (χ1n) is 6.11. The molecule has 0 bridgehead atoms. The summed E-state index contributed by atoms with van der Waals surface area (Å²) in [5, 5.41) is 14.5. The lowest BCUT2D eigenvalue weighted by Crippen LogP contribution is -2.62. The molecule has 0 aromatic heterocycles. The first kappa shape index (κ1) is 14.2. The van der Waals surface area contributed by atoms with Crippen LogP contribution in [0.3, 0.4) is 0 Å². The standard InChI is InChI=1S/C13H24N2O2/c1-6-7-11(16)14-10-8-12(2,3)15(17)13(4,5)9-10/h6-7,10,17H,8-9H2,1-5H3,(H,14,16)/b7-6+.